The Morgan fingerprint density at radius 3 is 2.76 bits per heavy atom. The van der Waals surface area contributed by atoms with Gasteiger partial charge in [-0.15, -0.1) is 0 Å². The zero-order valence-electron chi connectivity index (χ0n) is 9.53. The van der Waals surface area contributed by atoms with Crippen LogP contribution in [-0.2, 0) is 11.2 Å². The lowest BCUT2D eigenvalue weighted by molar-refractivity contribution is -0.131. The van der Waals surface area contributed by atoms with Crippen molar-refractivity contribution in [1.82, 2.24) is 4.90 Å². The van der Waals surface area contributed by atoms with E-state index >= 15 is 0 Å². The van der Waals surface area contributed by atoms with Crippen LogP contribution >= 0.6 is 27.5 Å². The average molecular weight is 317 g/mol. The molecule has 1 fully saturated rings. The van der Waals surface area contributed by atoms with E-state index in [-0.39, 0.29) is 5.91 Å². The summed E-state index contributed by atoms with van der Waals surface area (Å²) in [7, 11) is 0. The highest BCUT2D eigenvalue weighted by atomic mass is 79.9. The van der Waals surface area contributed by atoms with Gasteiger partial charge in [-0.3, -0.25) is 4.79 Å². The van der Waals surface area contributed by atoms with Gasteiger partial charge in [-0.05, 0) is 30.5 Å². The van der Waals surface area contributed by atoms with E-state index in [9.17, 15) is 4.79 Å². The molecule has 4 heteroatoms. The molecule has 1 aliphatic rings. The third-order valence-electron chi connectivity index (χ3n) is 2.99. The van der Waals surface area contributed by atoms with E-state index in [0.29, 0.717) is 16.3 Å². The Kier molecular flexibility index (Phi) is 4.46. The lowest BCUT2D eigenvalue weighted by Gasteiger charge is -2.30. The molecule has 2 nitrogen and oxygen atoms in total. The van der Waals surface area contributed by atoms with Crippen LogP contribution in [0.1, 0.15) is 18.4 Å². The molecule has 0 aromatic heterocycles. The molecule has 2 rings (SSSR count). The van der Waals surface area contributed by atoms with E-state index in [4.69, 9.17) is 11.6 Å². The van der Waals surface area contributed by atoms with Gasteiger partial charge in [-0.1, -0.05) is 39.7 Å². The van der Waals surface area contributed by atoms with Crippen molar-refractivity contribution in [1.29, 1.82) is 0 Å². The smallest absolute Gasteiger partial charge is 0.227 e. The molecule has 0 aliphatic carbocycles. The van der Waals surface area contributed by atoms with Crippen molar-refractivity contribution in [2.45, 2.75) is 24.1 Å². The number of hydrogen-bond acceptors (Lipinski definition) is 1. The van der Waals surface area contributed by atoms with Crippen LogP contribution in [-0.4, -0.2) is 28.7 Å². The SMILES string of the molecule is O=C(Cc1ccc(Cl)cc1)N1CCCC(Br)C1. The van der Waals surface area contributed by atoms with Crippen molar-refractivity contribution in [2.24, 2.45) is 0 Å². The van der Waals surface area contributed by atoms with Crippen LogP contribution in [0, 0.1) is 0 Å². The summed E-state index contributed by atoms with van der Waals surface area (Å²) < 4.78 is 0. The molecule has 0 N–H and O–H groups in total. The highest BCUT2D eigenvalue weighted by molar-refractivity contribution is 9.09. The predicted octanol–water partition coefficient (Wildman–Crippen LogP) is 3.27. The van der Waals surface area contributed by atoms with Crippen molar-refractivity contribution >= 4 is 33.4 Å². The van der Waals surface area contributed by atoms with Crippen molar-refractivity contribution < 1.29 is 4.79 Å². The average Bonchev–Trinajstić information content (AvgIpc) is 2.32. The van der Waals surface area contributed by atoms with Crippen molar-refractivity contribution in [3.8, 4) is 0 Å². The molecule has 1 aliphatic heterocycles. The van der Waals surface area contributed by atoms with Gasteiger partial charge in [0.05, 0.1) is 6.42 Å². The number of piperidine rings is 1. The first kappa shape index (κ1) is 12.9. The first-order chi connectivity index (χ1) is 8.15. The maximum Gasteiger partial charge on any atom is 0.227 e. The minimum Gasteiger partial charge on any atom is -0.341 e. The molecule has 0 bridgehead atoms. The first-order valence-corrected chi connectivity index (χ1v) is 7.11. The van der Waals surface area contributed by atoms with Gasteiger partial charge in [0.2, 0.25) is 5.91 Å². The van der Waals surface area contributed by atoms with Crippen LogP contribution in [0.15, 0.2) is 24.3 Å². The molecule has 1 unspecified atom stereocenters. The van der Waals surface area contributed by atoms with Gasteiger partial charge in [0.25, 0.3) is 0 Å². The summed E-state index contributed by atoms with van der Waals surface area (Å²) in [5, 5.41) is 0.708. The number of alkyl halides is 1. The van der Waals surface area contributed by atoms with Crippen molar-refractivity contribution in [3.63, 3.8) is 0 Å². The van der Waals surface area contributed by atoms with E-state index in [1.807, 2.05) is 29.2 Å². The third-order valence-corrected chi connectivity index (χ3v) is 3.98. The second kappa shape index (κ2) is 5.87. The van der Waals surface area contributed by atoms with Crippen LogP contribution in [0.2, 0.25) is 5.02 Å². The Morgan fingerprint density at radius 2 is 2.12 bits per heavy atom. The maximum absolute atomic E-state index is 12.1. The Morgan fingerprint density at radius 1 is 1.41 bits per heavy atom. The Labute approximate surface area is 115 Å². The third kappa shape index (κ3) is 3.71. The molecule has 1 heterocycles. The number of rotatable bonds is 2. The molecule has 0 saturated carbocycles. The highest BCUT2D eigenvalue weighted by Crippen LogP contribution is 2.18. The Bertz CT molecular complexity index is 393. The number of benzene rings is 1. The summed E-state index contributed by atoms with van der Waals surface area (Å²) in [6, 6.07) is 7.48. The molecule has 1 atom stereocenters. The number of hydrogen-bond donors (Lipinski definition) is 0. The molecule has 1 aromatic rings. The van der Waals surface area contributed by atoms with Crippen LogP contribution in [0.5, 0.6) is 0 Å². The predicted molar refractivity (Wildman–Crippen MR) is 73.7 cm³/mol. The molecule has 0 radical (unpaired) electrons. The second-order valence-electron chi connectivity index (χ2n) is 4.38. The van der Waals surface area contributed by atoms with E-state index in [1.54, 1.807) is 0 Å². The molecule has 92 valence electrons. The fourth-order valence-electron chi connectivity index (χ4n) is 2.04. The van der Waals surface area contributed by atoms with Gasteiger partial charge in [0, 0.05) is 22.9 Å². The Balaban J connectivity index is 1.94. The number of nitrogens with zero attached hydrogens (tertiary/aromatic N) is 1. The number of halogens is 2. The number of likely N-dealkylation sites (tertiary alicyclic amines) is 1. The standard InChI is InChI=1S/C13H15BrClNO/c14-11-2-1-7-16(9-11)13(17)8-10-3-5-12(15)6-4-10/h3-6,11H,1-2,7-9H2. The molecule has 1 aromatic carbocycles. The minimum absolute atomic E-state index is 0.205. The zero-order chi connectivity index (χ0) is 12.3. The lowest BCUT2D eigenvalue weighted by atomic mass is 10.1. The van der Waals surface area contributed by atoms with E-state index in [0.717, 1.165) is 31.5 Å². The summed E-state index contributed by atoms with van der Waals surface area (Å²) >= 11 is 9.40. The molecule has 1 saturated heterocycles. The fraction of sp³-hybridized carbons (Fsp3) is 0.462. The summed E-state index contributed by atoms with van der Waals surface area (Å²) in [5.74, 6) is 0.205. The minimum atomic E-state index is 0.205. The van der Waals surface area contributed by atoms with Gasteiger partial charge in [0.1, 0.15) is 0 Å². The molecule has 17 heavy (non-hydrogen) atoms. The fourth-order valence-corrected chi connectivity index (χ4v) is 2.84. The normalized spacial score (nSPS) is 20.4. The van der Waals surface area contributed by atoms with Gasteiger partial charge >= 0.3 is 0 Å². The molecule has 0 spiro atoms. The molecular weight excluding hydrogens is 302 g/mol. The van der Waals surface area contributed by atoms with Crippen LogP contribution in [0.4, 0.5) is 0 Å². The van der Waals surface area contributed by atoms with E-state index in [1.165, 1.54) is 0 Å². The second-order valence-corrected chi connectivity index (χ2v) is 6.11. The van der Waals surface area contributed by atoms with E-state index in [2.05, 4.69) is 15.9 Å². The van der Waals surface area contributed by atoms with Gasteiger partial charge in [-0.2, -0.15) is 0 Å². The summed E-state index contributed by atoms with van der Waals surface area (Å²) in [5.41, 5.74) is 1.02. The number of carbonyl (C=O) groups excluding carboxylic acids is 1. The topological polar surface area (TPSA) is 20.3 Å². The maximum atomic E-state index is 12.1. The Hall–Kier alpha value is -0.540. The monoisotopic (exact) mass is 315 g/mol. The van der Waals surface area contributed by atoms with E-state index < -0.39 is 0 Å². The van der Waals surface area contributed by atoms with Crippen LogP contribution < -0.4 is 0 Å². The first-order valence-electron chi connectivity index (χ1n) is 5.81. The summed E-state index contributed by atoms with van der Waals surface area (Å²) in [6.45, 7) is 1.71. The van der Waals surface area contributed by atoms with Gasteiger partial charge < -0.3 is 4.90 Å². The summed E-state index contributed by atoms with van der Waals surface area (Å²) in [6.07, 6.45) is 2.71. The van der Waals surface area contributed by atoms with Gasteiger partial charge in [-0.25, -0.2) is 0 Å². The van der Waals surface area contributed by atoms with Crippen LogP contribution in [0.25, 0.3) is 0 Å². The van der Waals surface area contributed by atoms with Crippen molar-refractivity contribution in [3.05, 3.63) is 34.9 Å². The van der Waals surface area contributed by atoms with Gasteiger partial charge in [0.15, 0.2) is 0 Å². The molecule has 1 amide bonds. The largest absolute Gasteiger partial charge is 0.341 e. The molecular formula is C13H15BrClNO. The number of amides is 1. The highest BCUT2D eigenvalue weighted by Gasteiger charge is 2.21. The zero-order valence-corrected chi connectivity index (χ0v) is 11.9. The number of carbonyl (C=O) groups is 1. The van der Waals surface area contributed by atoms with Crippen LogP contribution in [0.3, 0.4) is 0 Å². The lowest BCUT2D eigenvalue weighted by Crippen LogP contribution is -2.41. The summed E-state index contributed by atoms with van der Waals surface area (Å²) in [4.78, 5) is 14.5. The quantitative estimate of drug-likeness (QED) is 0.767. The van der Waals surface area contributed by atoms with Crippen molar-refractivity contribution in [2.75, 3.05) is 13.1 Å².